The van der Waals surface area contributed by atoms with Crippen LogP contribution in [0.5, 0.6) is 0 Å². The van der Waals surface area contributed by atoms with Crippen LogP contribution in [0.2, 0.25) is 0 Å². The second-order valence-corrected chi connectivity index (χ2v) is 4.92. The topological polar surface area (TPSA) is 67.2 Å². The molecule has 0 amide bonds. The number of para-hydroxylation sites is 1. The third-order valence-corrected chi connectivity index (χ3v) is 3.26. The standard InChI is InChI=1S/C15H14FN3O2S/c1-2-10-5-3-4-6-13(10)17-15(22)18-14-9-11(19(20)21)7-8-12(14)16/h3-9H,2H2,1H3,(H2,17,18,22). The van der Waals surface area contributed by atoms with Crippen molar-refractivity contribution >= 4 is 34.4 Å². The van der Waals surface area contributed by atoms with E-state index in [2.05, 4.69) is 10.6 Å². The molecule has 7 heteroatoms. The van der Waals surface area contributed by atoms with Crippen LogP contribution in [0, 0.1) is 15.9 Å². The van der Waals surface area contributed by atoms with Crippen molar-refractivity contribution in [2.24, 2.45) is 0 Å². The third kappa shape index (κ3) is 3.76. The normalized spacial score (nSPS) is 10.1. The van der Waals surface area contributed by atoms with Gasteiger partial charge in [-0.15, -0.1) is 0 Å². The molecular weight excluding hydrogens is 305 g/mol. The minimum absolute atomic E-state index is 0.0410. The molecule has 0 radical (unpaired) electrons. The van der Waals surface area contributed by atoms with E-state index < -0.39 is 10.7 Å². The first-order valence-corrected chi connectivity index (χ1v) is 7.02. The summed E-state index contributed by atoms with van der Waals surface area (Å²) in [5.41, 5.74) is 1.63. The molecule has 0 saturated carbocycles. The molecule has 0 atom stereocenters. The predicted molar refractivity (Wildman–Crippen MR) is 88.7 cm³/mol. The van der Waals surface area contributed by atoms with E-state index in [9.17, 15) is 14.5 Å². The molecule has 0 aliphatic carbocycles. The van der Waals surface area contributed by atoms with Gasteiger partial charge in [-0.25, -0.2) is 4.39 Å². The summed E-state index contributed by atoms with van der Waals surface area (Å²) >= 11 is 5.14. The number of nitro groups is 1. The van der Waals surface area contributed by atoms with E-state index >= 15 is 0 Å². The van der Waals surface area contributed by atoms with Crippen LogP contribution in [-0.2, 0) is 6.42 Å². The number of halogens is 1. The van der Waals surface area contributed by atoms with Crippen molar-refractivity contribution in [3.63, 3.8) is 0 Å². The Morgan fingerprint density at radius 1 is 1.23 bits per heavy atom. The summed E-state index contributed by atoms with van der Waals surface area (Å²) in [5, 5.41) is 16.5. The Labute approximate surface area is 132 Å². The maximum atomic E-state index is 13.7. The molecule has 0 fully saturated rings. The minimum atomic E-state index is -0.612. The van der Waals surface area contributed by atoms with Gasteiger partial charge in [-0.2, -0.15) is 0 Å². The Hall–Kier alpha value is -2.54. The molecule has 2 aromatic rings. The second kappa shape index (κ2) is 6.95. The van der Waals surface area contributed by atoms with Crippen molar-refractivity contribution in [3.05, 3.63) is 64.0 Å². The van der Waals surface area contributed by atoms with Crippen LogP contribution in [0.1, 0.15) is 12.5 Å². The number of thiocarbonyl (C=S) groups is 1. The molecule has 0 spiro atoms. The summed E-state index contributed by atoms with van der Waals surface area (Å²) in [7, 11) is 0. The van der Waals surface area contributed by atoms with Crippen LogP contribution in [0.25, 0.3) is 0 Å². The molecule has 2 aromatic carbocycles. The van der Waals surface area contributed by atoms with Gasteiger partial charge in [0.2, 0.25) is 0 Å². The molecule has 114 valence electrons. The lowest BCUT2D eigenvalue weighted by atomic mass is 10.1. The van der Waals surface area contributed by atoms with Gasteiger partial charge in [0.15, 0.2) is 5.11 Å². The molecule has 0 bridgehead atoms. The van der Waals surface area contributed by atoms with Crippen LogP contribution >= 0.6 is 12.2 Å². The first-order valence-electron chi connectivity index (χ1n) is 6.61. The van der Waals surface area contributed by atoms with Crippen molar-refractivity contribution in [2.75, 3.05) is 10.6 Å². The van der Waals surface area contributed by atoms with Gasteiger partial charge in [-0.3, -0.25) is 10.1 Å². The largest absolute Gasteiger partial charge is 0.332 e. The van der Waals surface area contributed by atoms with Gasteiger partial charge in [-0.1, -0.05) is 25.1 Å². The molecule has 0 heterocycles. The van der Waals surface area contributed by atoms with Crippen LogP contribution in [0.3, 0.4) is 0 Å². The Morgan fingerprint density at radius 3 is 2.59 bits per heavy atom. The Kier molecular flexibility index (Phi) is 5.00. The van der Waals surface area contributed by atoms with Crippen LogP contribution < -0.4 is 10.6 Å². The van der Waals surface area contributed by atoms with E-state index in [0.29, 0.717) is 0 Å². The number of nitrogens with one attached hydrogen (secondary N) is 2. The maximum Gasteiger partial charge on any atom is 0.271 e. The number of hydrogen-bond acceptors (Lipinski definition) is 3. The van der Waals surface area contributed by atoms with Gasteiger partial charge >= 0.3 is 0 Å². The van der Waals surface area contributed by atoms with Gasteiger partial charge in [0.05, 0.1) is 10.6 Å². The Morgan fingerprint density at radius 2 is 1.91 bits per heavy atom. The molecule has 0 aliphatic heterocycles. The van der Waals surface area contributed by atoms with Crippen molar-refractivity contribution in [1.29, 1.82) is 0 Å². The average Bonchev–Trinajstić information content (AvgIpc) is 2.49. The first kappa shape index (κ1) is 15.8. The van der Waals surface area contributed by atoms with E-state index in [1.54, 1.807) is 0 Å². The van der Waals surface area contributed by atoms with Crippen molar-refractivity contribution in [1.82, 2.24) is 0 Å². The highest BCUT2D eigenvalue weighted by atomic mass is 32.1. The highest BCUT2D eigenvalue weighted by Gasteiger charge is 2.12. The lowest BCUT2D eigenvalue weighted by Crippen LogP contribution is -2.20. The summed E-state index contributed by atoms with van der Waals surface area (Å²) in [5.74, 6) is -0.612. The molecular formula is C15H14FN3O2S. The molecule has 0 aromatic heterocycles. The monoisotopic (exact) mass is 319 g/mol. The number of rotatable bonds is 4. The molecule has 2 rings (SSSR count). The lowest BCUT2D eigenvalue weighted by molar-refractivity contribution is -0.384. The van der Waals surface area contributed by atoms with Crippen LogP contribution in [-0.4, -0.2) is 10.0 Å². The maximum absolute atomic E-state index is 13.7. The first-order chi connectivity index (χ1) is 10.5. The SMILES string of the molecule is CCc1ccccc1NC(=S)Nc1cc([N+](=O)[O-])ccc1F. The number of hydrogen-bond donors (Lipinski definition) is 2. The fraction of sp³-hybridized carbons (Fsp3) is 0.133. The van der Waals surface area contributed by atoms with Gasteiger partial charge in [0.25, 0.3) is 5.69 Å². The van der Waals surface area contributed by atoms with Gasteiger partial charge in [0, 0.05) is 17.8 Å². The summed E-state index contributed by atoms with van der Waals surface area (Å²) in [4.78, 5) is 10.1. The number of nitrogens with zero attached hydrogens (tertiary/aromatic N) is 1. The molecule has 22 heavy (non-hydrogen) atoms. The zero-order valence-corrected chi connectivity index (χ0v) is 12.6. The van der Waals surface area contributed by atoms with Gasteiger partial charge in [-0.05, 0) is 36.3 Å². The van der Waals surface area contributed by atoms with Crippen molar-refractivity contribution < 1.29 is 9.31 Å². The highest BCUT2D eigenvalue weighted by Crippen LogP contribution is 2.22. The fourth-order valence-corrected chi connectivity index (χ4v) is 2.17. The van der Waals surface area contributed by atoms with Crippen LogP contribution in [0.15, 0.2) is 42.5 Å². The summed E-state index contributed by atoms with van der Waals surface area (Å²) in [6.07, 6.45) is 0.816. The smallest absolute Gasteiger partial charge is 0.271 e. The van der Waals surface area contributed by atoms with Crippen molar-refractivity contribution in [3.8, 4) is 0 Å². The fourth-order valence-electron chi connectivity index (χ4n) is 1.95. The molecule has 0 unspecified atom stereocenters. The van der Waals surface area contributed by atoms with E-state index in [1.165, 1.54) is 0 Å². The summed E-state index contributed by atoms with van der Waals surface area (Å²) in [6.45, 7) is 2.01. The number of benzene rings is 2. The van der Waals surface area contributed by atoms with Gasteiger partial charge in [0.1, 0.15) is 5.82 Å². The van der Waals surface area contributed by atoms with E-state index in [-0.39, 0.29) is 16.5 Å². The zero-order chi connectivity index (χ0) is 16.1. The molecule has 0 saturated heterocycles. The van der Waals surface area contributed by atoms with E-state index in [4.69, 9.17) is 12.2 Å². The summed E-state index contributed by atoms with van der Waals surface area (Å²) < 4.78 is 13.7. The number of anilines is 2. The molecule has 0 aliphatic rings. The minimum Gasteiger partial charge on any atom is -0.332 e. The quantitative estimate of drug-likeness (QED) is 0.504. The highest BCUT2D eigenvalue weighted by molar-refractivity contribution is 7.80. The number of aryl methyl sites for hydroxylation is 1. The molecule has 2 N–H and O–H groups in total. The average molecular weight is 319 g/mol. The molecule has 5 nitrogen and oxygen atoms in total. The lowest BCUT2D eigenvalue weighted by Gasteiger charge is -2.13. The number of non-ortho nitro benzene ring substituents is 1. The van der Waals surface area contributed by atoms with Crippen molar-refractivity contribution in [2.45, 2.75) is 13.3 Å². The van der Waals surface area contributed by atoms with Gasteiger partial charge < -0.3 is 10.6 Å². The number of nitro benzene ring substituents is 1. The second-order valence-electron chi connectivity index (χ2n) is 4.51. The Balaban J connectivity index is 2.15. The zero-order valence-electron chi connectivity index (χ0n) is 11.8. The van der Waals surface area contributed by atoms with E-state index in [0.717, 1.165) is 35.9 Å². The summed E-state index contributed by atoms with van der Waals surface area (Å²) in [6, 6.07) is 10.8. The predicted octanol–water partition coefficient (Wildman–Crippen LogP) is 4.11. The van der Waals surface area contributed by atoms with Crippen LogP contribution in [0.4, 0.5) is 21.5 Å². The third-order valence-electron chi connectivity index (χ3n) is 3.06. The Bertz CT molecular complexity index is 722. The van der Waals surface area contributed by atoms with E-state index in [1.807, 2.05) is 31.2 Å².